The summed E-state index contributed by atoms with van der Waals surface area (Å²) in [6.07, 6.45) is 4.69. The molecule has 0 unspecified atom stereocenters. The quantitative estimate of drug-likeness (QED) is 0.380. The Balaban J connectivity index is 1.43. The Morgan fingerprint density at radius 3 is 1.88 bits per heavy atom. The van der Waals surface area contributed by atoms with Crippen LogP contribution in [0.4, 0.5) is 4.79 Å². The van der Waals surface area contributed by atoms with Crippen molar-refractivity contribution in [2.24, 2.45) is 0 Å². The molecule has 0 saturated carbocycles. The van der Waals surface area contributed by atoms with E-state index < -0.39 is 6.09 Å². The molecule has 0 radical (unpaired) electrons. The molecule has 0 aliphatic rings. The van der Waals surface area contributed by atoms with E-state index in [0.29, 0.717) is 24.5 Å². The molecular weight excluding hydrogens is 330 g/mol. The summed E-state index contributed by atoms with van der Waals surface area (Å²) in [5.41, 5.74) is 0. The molecule has 26 heavy (non-hydrogen) atoms. The van der Waals surface area contributed by atoms with E-state index in [1.165, 1.54) is 0 Å². The summed E-state index contributed by atoms with van der Waals surface area (Å²) in [6, 6.07) is 18.1. The number of rotatable bonds is 10. The zero-order chi connectivity index (χ0) is 18.5. The topological polar surface area (TPSA) is 64.6 Å². The molecule has 0 heterocycles. The maximum absolute atomic E-state index is 11.7. The normalized spacial score (nSPS) is 10.2. The van der Waals surface area contributed by atoms with Crippen LogP contribution in [0, 0.1) is 0 Å². The number of ether oxygens (including phenoxy) is 2. The zero-order valence-corrected chi connectivity index (χ0v) is 14.9. The van der Waals surface area contributed by atoms with Gasteiger partial charge in [-0.05, 0) is 37.1 Å². The molecule has 0 fully saturated rings. The summed E-state index contributed by atoms with van der Waals surface area (Å²) in [5, 5.41) is 2.73. The fraction of sp³-hybridized carbons (Fsp3) is 0.333. The second kappa shape index (κ2) is 11.7. The molecule has 0 atom stereocenters. The number of hydrogen-bond acceptors (Lipinski definition) is 4. The Bertz CT molecular complexity index is 599. The average molecular weight is 355 g/mol. The lowest BCUT2D eigenvalue weighted by Crippen LogP contribution is -2.27. The number of para-hydroxylation sites is 2. The van der Waals surface area contributed by atoms with E-state index in [-0.39, 0.29) is 5.97 Å². The van der Waals surface area contributed by atoms with E-state index in [4.69, 9.17) is 9.47 Å². The highest BCUT2D eigenvalue weighted by molar-refractivity contribution is 5.72. The van der Waals surface area contributed by atoms with Crippen molar-refractivity contribution >= 4 is 12.1 Å². The van der Waals surface area contributed by atoms with Gasteiger partial charge < -0.3 is 14.8 Å². The van der Waals surface area contributed by atoms with Gasteiger partial charge in [0, 0.05) is 13.0 Å². The van der Waals surface area contributed by atoms with Gasteiger partial charge in [0.1, 0.15) is 11.5 Å². The molecule has 138 valence electrons. The molecule has 0 aliphatic carbocycles. The van der Waals surface area contributed by atoms with Crippen LogP contribution in [-0.2, 0) is 4.79 Å². The second-order valence-corrected chi connectivity index (χ2v) is 5.93. The summed E-state index contributed by atoms with van der Waals surface area (Å²) in [5.74, 6) is 0.930. The van der Waals surface area contributed by atoms with Crippen LogP contribution in [0.25, 0.3) is 0 Å². The van der Waals surface area contributed by atoms with E-state index in [2.05, 4.69) is 5.32 Å². The molecule has 5 heteroatoms. The van der Waals surface area contributed by atoms with Gasteiger partial charge >= 0.3 is 12.1 Å². The fourth-order valence-corrected chi connectivity index (χ4v) is 2.42. The molecule has 2 rings (SSSR count). The highest BCUT2D eigenvalue weighted by Gasteiger charge is 2.05. The number of amides is 1. The predicted molar refractivity (Wildman–Crippen MR) is 100 cm³/mol. The predicted octanol–water partition coefficient (Wildman–Crippen LogP) is 4.72. The van der Waals surface area contributed by atoms with E-state index in [9.17, 15) is 9.59 Å². The van der Waals surface area contributed by atoms with Crippen molar-refractivity contribution in [3.63, 3.8) is 0 Å². The third-order valence-corrected chi connectivity index (χ3v) is 3.76. The van der Waals surface area contributed by atoms with Gasteiger partial charge in [0.15, 0.2) is 0 Å². The minimum absolute atomic E-state index is 0.193. The molecule has 2 aromatic rings. The monoisotopic (exact) mass is 355 g/mol. The maximum atomic E-state index is 11.7. The third kappa shape index (κ3) is 8.33. The molecule has 0 saturated heterocycles. The first-order valence-corrected chi connectivity index (χ1v) is 9.00. The minimum atomic E-state index is -0.431. The van der Waals surface area contributed by atoms with Crippen LogP contribution in [0.2, 0.25) is 0 Å². The zero-order valence-electron chi connectivity index (χ0n) is 14.9. The molecule has 0 bridgehead atoms. The van der Waals surface area contributed by atoms with Gasteiger partial charge in [0.05, 0.1) is 0 Å². The molecular formula is C21H25NO4. The van der Waals surface area contributed by atoms with Crippen LogP contribution in [0.15, 0.2) is 60.7 Å². The SMILES string of the molecule is O=C(CCCCCCCNC(=O)Oc1ccccc1)Oc1ccccc1. The van der Waals surface area contributed by atoms with E-state index in [1.54, 1.807) is 24.3 Å². The molecule has 0 aromatic heterocycles. The van der Waals surface area contributed by atoms with E-state index in [0.717, 1.165) is 32.1 Å². The van der Waals surface area contributed by atoms with Gasteiger partial charge in [-0.2, -0.15) is 0 Å². The summed E-state index contributed by atoms with van der Waals surface area (Å²) >= 11 is 0. The van der Waals surface area contributed by atoms with Crippen LogP contribution >= 0.6 is 0 Å². The second-order valence-electron chi connectivity index (χ2n) is 5.93. The lowest BCUT2D eigenvalue weighted by atomic mass is 10.1. The maximum Gasteiger partial charge on any atom is 0.412 e. The number of esters is 1. The third-order valence-electron chi connectivity index (χ3n) is 3.76. The molecule has 1 amide bonds. The van der Waals surface area contributed by atoms with E-state index >= 15 is 0 Å². The van der Waals surface area contributed by atoms with Gasteiger partial charge in [0.2, 0.25) is 0 Å². The number of carbonyl (C=O) groups excluding carboxylic acids is 2. The lowest BCUT2D eigenvalue weighted by molar-refractivity contribution is -0.134. The average Bonchev–Trinajstić information content (AvgIpc) is 2.65. The van der Waals surface area contributed by atoms with Crippen molar-refractivity contribution in [3.8, 4) is 11.5 Å². The van der Waals surface area contributed by atoms with Crippen LogP contribution in [-0.4, -0.2) is 18.6 Å². The highest BCUT2D eigenvalue weighted by Crippen LogP contribution is 2.11. The van der Waals surface area contributed by atoms with Gasteiger partial charge in [0.25, 0.3) is 0 Å². The van der Waals surface area contributed by atoms with Crippen molar-refractivity contribution in [1.29, 1.82) is 0 Å². The van der Waals surface area contributed by atoms with Gasteiger partial charge in [-0.1, -0.05) is 55.7 Å². The fourth-order valence-electron chi connectivity index (χ4n) is 2.42. The van der Waals surface area contributed by atoms with Crippen LogP contribution < -0.4 is 14.8 Å². The van der Waals surface area contributed by atoms with Gasteiger partial charge in [-0.3, -0.25) is 4.79 Å². The first-order chi connectivity index (χ1) is 12.7. The Morgan fingerprint density at radius 2 is 1.23 bits per heavy atom. The van der Waals surface area contributed by atoms with Gasteiger partial charge in [-0.25, -0.2) is 4.79 Å². The standard InChI is InChI=1S/C21H25NO4/c23-20(25-18-12-6-4-7-13-18)16-10-2-1-3-11-17-22-21(24)26-19-14-8-5-9-15-19/h4-9,12-15H,1-3,10-11,16-17H2,(H,22,24). The van der Waals surface area contributed by atoms with Crippen molar-refractivity contribution in [3.05, 3.63) is 60.7 Å². The highest BCUT2D eigenvalue weighted by atomic mass is 16.6. The molecule has 5 nitrogen and oxygen atoms in total. The van der Waals surface area contributed by atoms with Crippen molar-refractivity contribution < 1.29 is 19.1 Å². The first-order valence-electron chi connectivity index (χ1n) is 9.00. The number of hydrogen-bond donors (Lipinski definition) is 1. The number of carbonyl (C=O) groups is 2. The largest absolute Gasteiger partial charge is 0.427 e. The van der Waals surface area contributed by atoms with Crippen molar-refractivity contribution in [2.45, 2.75) is 38.5 Å². The summed E-state index contributed by atoms with van der Waals surface area (Å²) in [7, 11) is 0. The smallest absolute Gasteiger partial charge is 0.412 e. The van der Waals surface area contributed by atoms with Crippen LogP contribution in [0.1, 0.15) is 38.5 Å². The minimum Gasteiger partial charge on any atom is -0.427 e. The molecule has 2 aromatic carbocycles. The van der Waals surface area contributed by atoms with Crippen molar-refractivity contribution in [2.75, 3.05) is 6.54 Å². The number of benzene rings is 2. The molecule has 0 aliphatic heterocycles. The van der Waals surface area contributed by atoms with Gasteiger partial charge in [-0.15, -0.1) is 0 Å². The summed E-state index contributed by atoms with van der Waals surface area (Å²) < 4.78 is 10.4. The summed E-state index contributed by atoms with van der Waals surface area (Å²) in [4.78, 5) is 23.3. The number of nitrogens with one attached hydrogen (secondary N) is 1. The van der Waals surface area contributed by atoms with E-state index in [1.807, 2.05) is 36.4 Å². The van der Waals surface area contributed by atoms with Crippen LogP contribution in [0.3, 0.4) is 0 Å². The van der Waals surface area contributed by atoms with Crippen LogP contribution in [0.5, 0.6) is 11.5 Å². The Morgan fingerprint density at radius 1 is 0.692 bits per heavy atom. The Labute approximate surface area is 154 Å². The summed E-state index contributed by atoms with van der Waals surface area (Å²) in [6.45, 7) is 0.585. The molecule has 1 N–H and O–H groups in total. The Kier molecular flexibility index (Phi) is 8.77. The lowest BCUT2D eigenvalue weighted by Gasteiger charge is -2.06. The number of unbranched alkanes of at least 4 members (excludes halogenated alkanes) is 4. The Hall–Kier alpha value is -2.82. The van der Waals surface area contributed by atoms with Crippen molar-refractivity contribution in [1.82, 2.24) is 5.32 Å². The first kappa shape index (κ1) is 19.5. The molecule has 0 spiro atoms.